The molecule has 0 amide bonds. The van der Waals surface area contributed by atoms with Crippen molar-refractivity contribution < 1.29 is 19.0 Å². The highest BCUT2D eigenvalue weighted by atomic mass is 79.9. The highest BCUT2D eigenvalue weighted by Crippen LogP contribution is 2.37. The van der Waals surface area contributed by atoms with Gasteiger partial charge in [-0.25, -0.2) is 4.79 Å². The second-order valence-electron chi connectivity index (χ2n) is 3.48. The minimum atomic E-state index is -0.445. The predicted octanol–water partition coefficient (Wildman–Crippen LogP) is 3.37. The van der Waals surface area contributed by atoms with Crippen LogP contribution in [0.1, 0.15) is 10.4 Å². The van der Waals surface area contributed by atoms with E-state index < -0.39 is 5.97 Å². The van der Waals surface area contributed by atoms with E-state index in [4.69, 9.17) is 9.47 Å². The van der Waals surface area contributed by atoms with Crippen LogP contribution in [0.4, 0.5) is 0 Å². The fraction of sp³-hybridized carbons (Fsp3) is 0.214. The van der Waals surface area contributed by atoms with E-state index in [1.54, 1.807) is 24.3 Å². The van der Waals surface area contributed by atoms with Crippen LogP contribution < -0.4 is 9.47 Å². The van der Waals surface area contributed by atoms with E-state index >= 15 is 0 Å². The molecule has 0 atom stereocenters. The van der Waals surface area contributed by atoms with Crippen LogP contribution in [0.3, 0.4) is 0 Å². The van der Waals surface area contributed by atoms with Crippen LogP contribution in [0.5, 0.6) is 11.5 Å². The number of benzene rings is 1. The van der Waals surface area contributed by atoms with Crippen molar-refractivity contribution in [1.29, 1.82) is 0 Å². The van der Waals surface area contributed by atoms with Gasteiger partial charge in [-0.2, -0.15) is 0 Å². The van der Waals surface area contributed by atoms with Gasteiger partial charge in [0.1, 0.15) is 13.2 Å². The van der Waals surface area contributed by atoms with Crippen LogP contribution in [0.15, 0.2) is 41.9 Å². The van der Waals surface area contributed by atoms with Crippen LogP contribution in [-0.4, -0.2) is 26.3 Å². The summed E-state index contributed by atoms with van der Waals surface area (Å²) in [4.78, 5) is 11.5. The number of hydrogen-bond acceptors (Lipinski definition) is 4. The largest absolute Gasteiger partial charge is 0.486 e. The fourth-order valence-electron chi connectivity index (χ4n) is 1.34. The number of rotatable bonds is 7. The van der Waals surface area contributed by atoms with Gasteiger partial charge in [0.2, 0.25) is 0 Å². The normalized spacial score (nSPS) is 9.58. The Morgan fingerprint density at radius 1 is 1.26 bits per heavy atom. The van der Waals surface area contributed by atoms with Gasteiger partial charge in [-0.05, 0) is 28.1 Å². The van der Waals surface area contributed by atoms with Gasteiger partial charge in [-0.3, -0.25) is 0 Å². The molecule has 0 unspecified atom stereocenters. The van der Waals surface area contributed by atoms with Crippen molar-refractivity contribution in [3.05, 3.63) is 47.5 Å². The standard InChI is InChI=1S/C14H15BrO4/c1-4-6-18-12-9-10(14(16)17-3)8-11(15)13(12)19-7-5-2/h4-5,8-9H,1-2,6-7H2,3H3. The third kappa shape index (κ3) is 4.13. The van der Waals surface area contributed by atoms with Gasteiger partial charge in [-0.15, -0.1) is 0 Å². The topological polar surface area (TPSA) is 44.8 Å². The first-order chi connectivity index (χ1) is 9.13. The molecule has 5 heteroatoms. The lowest BCUT2D eigenvalue weighted by molar-refractivity contribution is 0.0600. The molecule has 0 N–H and O–H groups in total. The maximum absolute atomic E-state index is 11.5. The van der Waals surface area contributed by atoms with Crippen molar-refractivity contribution in [2.24, 2.45) is 0 Å². The number of hydrogen-bond donors (Lipinski definition) is 0. The molecule has 0 aliphatic heterocycles. The van der Waals surface area contributed by atoms with Crippen molar-refractivity contribution >= 4 is 21.9 Å². The molecule has 0 heterocycles. The van der Waals surface area contributed by atoms with Crippen LogP contribution in [0.2, 0.25) is 0 Å². The average molecular weight is 327 g/mol. The number of carbonyl (C=O) groups excluding carboxylic acids is 1. The van der Waals surface area contributed by atoms with Gasteiger partial charge < -0.3 is 14.2 Å². The zero-order valence-corrected chi connectivity index (χ0v) is 12.2. The molecule has 0 spiro atoms. The van der Waals surface area contributed by atoms with E-state index in [2.05, 4.69) is 33.8 Å². The minimum Gasteiger partial charge on any atom is -0.486 e. The van der Waals surface area contributed by atoms with Crippen LogP contribution in [0.25, 0.3) is 0 Å². The smallest absolute Gasteiger partial charge is 0.338 e. The Balaban J connectivity index is 3.16. The fourth-order valence-corrected chi connectivity index (χ4v) is 1.90. The van der Waals surface area contributed by atoms with Crippen LogP contribution in [-0.2, 0) is 4.74 Å². The first kappa shape index (κ1) is 15.3. The molecule has 0 radical (unpaired) electrons. The van der Waals surface area contributed by atoms with Crippen molar-refractivity contribution in [1.82, 2.24) is 0 Å². The first-order valence-electron chi connectivity index (χ1n) is 5.53. The van der Waals surface area contributed by atoms with Crippen LogP contribution >= 0.6 is 15.9 Å². The Bertz CT molecular complexity index is 483. The third-order valence-electron chi connectivity index (χ3n) is 2.13. The van der Waals surface area contributed by atoms with Crippen molar-refractivity contribution in [2.75, 3.05) is 20.3 Å². The van der Waals surface area contributed by atoms with Gasteiger partial charge in [0, 0.05) is 0 Å². The van der Waals surface area contributed by atoms with Crippen molar-refractivity contribution in [2.45, 2.75) is 0 Å². The zero-order chi connectivity index (χ0) is 14.3. The average Bonchev–Trinajstić information content (AvgIpc) is 2.42. The maximum atomic E-state index is 11.5. The lowest BCUT2D eigenvalue weighted by Gasteiger charge is -2.14. The number of carbonyl (C=O) groups is 1. The summed E-state index contributed by atoms with van der Waals surface area (Å²) in [6.45, 7) is 7.80. The van der Waals surface area contributed by atoms with Gasteiger partial charge in [0.15, 0.2) is 11.5 Å². The Morgan fingerprint density at radius 3 is 2.47 bits per heavy atom. The van der Waals surface area contributed by atoms with Gasteiger partial charge >= 0.3 is 5.97 Å². The summed E-state index contributed by atoms with van der Waals surface area (Å²) in [6, 6.07) is 3.18. The third-order valence-corrected chi connectivity index (χ3v) is 2.72. The highest BCUT2D eigenvalue weighted by molar-refractivity contribution is 9.10. The number of halogens is 1. The molecule has 0 aliphatic carbocycles. The Morgan fingerprint density at radius 2 is 1.89 bits per heavy atom. The molecule has 0 fully saturated rings. The van der Waals surface area contributed by atoms with Gasteiger partial charge in [0.25, 0.3) is 0 Å². The molecule has 0 saturated heterocycles. The lowest BCUT2D eigenvalue weighted by Crippen LogP contribution is -2.05. The van der Waals surface area contributed by atoms with Gasteiger partial charge in [0.05, 0.1) is 17.1 Å². The van der Waals surface area contributed by atoms with E-state index in [0.29, 0.717) is 34.7 Å². The molecular formula is C14H15BrO4. The molecule has 1 rings (SSSR count). The highest BCUT2D eigenvalue weighted by Gasteiger charge is 2.16. The number of methoxy groups -OCH3 is 1. The zero-order valence-electron chi connectivity index (χ0n) is 10.6. The SMILES string of the molecule is C=CCOc1cc(C(=O)OC)cc(Br)c1OCC=C. The molecule has 1 aromatic carbocycles. The summed E-state index contributed by atoms with van der Waals surface area (Å²) in [5.74, 6) is 0.505. The summed E-state index contributed by atoms with van der Waals surface area (Å²) in [5, 5.41) is 0. The first-order valence-corrected chi connectivity index (χ1v) is 6.32. The van der Waals surface area contributed by atoms with E-state index in [1.807, 2.05) is 0 Å². The molecule has 19 heavy (non-hydrogen) atoms. The van der Waals surface area contributed by atoms with E-state index in [1.165, 1.54) is 7.11 Å². The van der Waals surface area contributed by atoms with E-state index in [0.717, 1.165) is 0 Å². The summed E-state index contributed by atoms with van der Waals surface area (Å²) in [5.41, 5.74) is 0.374. The van der Waals surface area contributed by atoms with Crippen LogP contribution in [0, 0.1) is 0 Å². The Kier molecular flexibility index (Phi) is 6.15. The molecule has 1 aromatic rings. The summed E-state index contributed by atoms with van der Waals surface area (Å²) >= 11 is 3.34. The Hall–Kier alpha value is -1.75. The molecule has 0 saturated carbocycles. The van der Waals surface area contributed by atoms with E-state index in [9.17, 15) is 4.79 Å². The summed E-state index contributed by atoms with van der Waals surface area (Å²) in [7, 11) is 1.32. The van der Waals surface area contributed by atoms with E-state index in [-0.39, 0.29) is 0 Å². The number of ether oxygens (including phenoxy) is 3. The predicted molar refractivity (Wildman–Crippen MR) is 76.9 cm³/mol. The Labute approximate surface area is 120 Å². The summed E-state index contributed by atoms with van der Waals surface area (Å²) in [6.07, 6.45) is 3.23. The lowest BCUT2D eigenvalue weighted by atomic mass is 10.2. The molecule has 0 aromatic heterocycles. The maximum Gasteiger partial charge on any atom is 0.338 e. The number of esters is 1. The molecule has 102 valence electrons. The summed E-state index contributed by atoms with van der Waals surface area (Å²) < 4.78 is 16.3. The molecule has 0 aliphatic rings. The quantitative estimate of drug-likeness (QED) is 0.569. The molecule has 4 nitrogen and oxygen atoms in total. The van der Waals surface area contributed by atoms with Crippen molar-refractivity contribution in [3.8, 4) is 11.5 Å². The molecule has 0 bridgehead atoms. The monoisotopic (exact) mass is 326 g/mol. The molecular weight excluding hydrogens is 312 g/mol. The second-order valence-corrected chi connectivity index (χ2v) is 4.33. The van der Waals surface area contributed by atoms with Gasteiger partial charge in [-0.1, -0.05) is 25.3 Å². The second kappa shape index (κ2) is 7.63. The minimum absolute atomic E-state index is 0.307. The van der Waals surface area contributed by atoms with Crippen molar-refractivity contribution in [3.63, 3.8) is 0 Å².